The molecule has 0 saturated carbocycles. The van der Waals surface area contributed by atoms with Crippen LogP contribution in [0.5, 0.6) is 17.2 Å². The van der Waals surface area contributed by atoms with E-state index in [-0.39, 0.29) is 16.7 Å². The van der Waals surface area contributed by atoms with Gasteiger partial charge in [-0.2, -0.15) is 4.31 Å². The minimum absolute atomic E-state index is 0.0477. The highest BCUT2D eigenvalue weighted by Gasteiger charge is 2.32. The van der Waals surface area contributed by atoms with Crippen LogP contribution in [0.3, 0.4) is 0 Å². The molecule has 1 fully saturated rings. The van der Waals surface area contributed by atoms with Crippen molar-refractivity contribution in [3.63, 3.8) is 0 Å². The molecule has 9 heteroatoms. The molecule has 2 aromatic rings. The summed E-state index contributed by atoms with van der Waals surface area (Å²) in [6.07, 6.45) is 1.72. The minimum atomic E-state index is -3.66. The van der Waals surface area contributed by atoms with Crippen LogP contribution < -0.4 is 19.5 Å². The summed E-state index contributed by atoms with van der Waals surface area (Å²) in [6.45, 7) is 2.08. The van der Waals surface area contributed by atoms with E-state index in [1.807, 2.05) is 24.3 Å². The average Bonchev–Trinajstić information content (AvgIpc) is 3.08. The lowest BCUT2D eigenvalue weighted by Gasteiger charge is -2.30. The Hall–Kier alpha value is -2.78. The Bertz CT molecular complexity index is 1050. The van der Waals surface area contributed by atoms with Crippen molar-refractivity contribution in [3.05, 3.63) is 48.0 Å². The van der Waals surface area contributed by atoms with Crippen molar-refractivity contribution < 1.29 is 27.4 Å². The van der Waals surface area contributed by atoms with Gasteiger partial charge in [-0.1, -0.05) is 12.1 Å². The number of fused-ring (bicyclic) bond motifs is 1. The van der Waals surface area contributed by atoms with Crippen LogP contribution in [0.2, 0.25) is 0 Å². The summed E-state index contributed by atoms with van der Waals surface area (Å²) >= 11 is 0. The van der Waals surface area contributed by atoms with Crippen molar-refractivity contribution in [2.24, 2.45) is 5.92 Å². The van der Waals surface area contributed by atoms with Gasteiger partial charge in [-0.05, 0) is 42.7 Å². The van der Waals surface area contributed by atoms with Crippen LogP contribution in [0, 0.1) is 5.92 Å². The second kappa shape index (κ2) is 9.79. The highest BCUT2D eigenvalue weighted by Crippen LogP contribution is 2.33. The predicted octanol–water partition coefficient (Wildman–Crippen LogP) is 2.57. The Balaban J connectivity index is 1.33. The Morgan fingerprint density at radius 2 is 1.75 bits per heavy atom. The van der Waals surface area contributed by atoms with Crippen molar-refractivity contribution in [1.29, 1.82) is 0 Å². The highest BCUT2D eigenvalue weighted by molar-refractivity contribution is 7.89. The monoisotopic (exact) mass is 460 g/mol. The number of hydrogen-bond donors (Lipinski definition) is 1. The third-order valence-electron chi connectivity index (χ3n) is 5.81. The summed E-state index contributed by atoms with van der Waals surface area (Å²) in [5.41, 5.74) is 0.980. The molecule has 2 aromatic carbocycles. The van der Waals surface area contributed by atoms with Gasteiger partial charge in [-0.3, -0.25) is 4.79 Å². The number of ether oxygens (including phenoxy) is 3. The van der Waals surface area contributed by atoms with E-state index in [0.29, 0.717) is 57.2 Å². The number of methoxy groups -OCH3 is 1. The van der Waals surface area contributed by atoms with Gasteiger partial charge in [0.05, 0.1) is 25.2 Å². The topological polar surface area (TPSA) is 94.2 Å². The average molecular weight is 461 g/mol. The second-order valence-electron chi connectivity index (χ2n) is 7.90. The van der Waals surface area contributed by atoms with E-state index in [0.717, 1.165) is 17.7 Å². The molecule has 1 N–H and O–H groups in total. The van der Waals surface area contributed by atoms with Crippen molar-refractivity contribution >= 4 is 15.9 Å². The molecule has 0 aliphatic carbocycles. The zero-order valence-electron chi connectivity index (χ0n) is 18.1. The fourth-order valence-corrected chi connectivity index (χ4v) is 5.37. The van der Waals surface area contributed by atoms with Crippen LogP contribution in [0.15, 0.2) is 47.4 Å². The quantitative estimate of drug-likeness (QED) is 0.712. The van der Waals surface area contributed by atoms with Gasteiger partial charge in [0, 0.05) is 38.0 Å². The number of rotatable bonds is 6. The Morgan fingerprint density at radius 3 is 2.44 bits per heavy atom. The minimum Gasteiger partial charge on any atom is -0.497 e. The maximum absolute atomic E-state index is 13.1. The number of nitrogens with one attached hydrogen (secondary N) is 1. The molecule has 2 heterocycles. The fraction of sp³-hybridized carbons (Fsp3) is 0.435. The lowest BCUT2D eigenvalue weighted by molar-refractivity contribution is -0.126. The lowest BCUT2D eigenvalue weighted by atomic mass is 9.97. The van der Waals surface area contributed by atoms with Gasteiger partial charge in [0.1, 0.15) is 5.75 Å². The maximum atomic E-state index is 13.1. The molecule has 32 heavy (non-hydrogen) atoms. The molecule has 1 saturated heterocycles. The van der Waals surface area contributed by atoms with Gasteiger partial charge in [0.15, 0.2) is 11.5 Å². The van der Waals surface area contributed by atoms with Gasteiger partial charge < -0.3 is 19.5 Å². The predicted molar refractivity (Wildman–Crippen MR) is 118 cm³/mol. The Morgan fingerprint density at radius 1 is 1.06 bits per heavy atom. The number of sulfonamides is 1. The number of benzene rings is 2. The van der Waals surface area contributed by atoms with E-state index in [2.05, 4.69) is 5.32 Å². The van der Waals surface area contributed by atoms with E-state index >= 15 is 0 Å². The van der Waals surface area contributed by atoms with Gasteiger partial charge >= 0.3 is 0 Å². The zero-order valence-corrected chi connectivity index (χ0v) is 18.9. The molecule has 0 unspecified atom stereocenters. The molecule has 0 atom stereocenters. The molecule has 0 bridgehead atoms. The molecule has 2 aliphatic heterocycles. The number of nitrogens with zero attached hydrogens (tertiary/aromatic N) is 1. The first-order valence-electron chi connectivity index (χ1n) is 10.8. The molecule has 0 radical (unpaired) electrons. The van der Waals surface area contributed by atoms with Crippen molar-refractivity contribution in [2.75, 3.05) is 33.4 Å². The summed E-state index contributed by atoms with van der Waals surface area (Å²) in [7, 11) is -2.05. The molecule has 0 aromatic heterocycles. The molecule has 0 spiro atoms. The van der Waals surface area contributed by atoms with Gasteiger partial charge in [-0.15, -0.1) is 0 Å². The van der Waals surface area contributed by atoms with E-state index in [1.54, 1.807) is 19.2 Å². The number of carbonyl (C=O) groups excluding carboxylic acids is 1. The van der Waals surface area contributed by atoms with Gasteiger partial charge in [0.2, 0.25) is 15.9 Å². The number of carbonyl (C=O) groups is 1. The van der Waals surface area contributed by atoms with Gasteiger partial charge in [-0.25, -0.2) is 8.42 Å². The molecular weight excluding hydrogens is 432 g/mol. The smallest absolute Gasteiger partial charge is 0.243 e. The van der Waals surface area contributed by atoms with Crippen LogP contribution in [0.1, 0.15) is 24.8 Å². The van der Waals surface area contributed by atoms with E-state index in [9.17, 15) is 13.2 Å². The normalized spacial score (nSPS) is 17.4. The summed E-state index contributed by atoms with van der Waals surface area (Å²) in [6, 6.07) is 12.2. The summed E-state index contributed by atoms with van der Waals surface area (Å²) in [5.74, 6) is 1.53. The van der Waals surface area contributed by atoms with Crippen LogP contribution in [0.4, 0.5) is 0 Å². The number of hydrogen-bond acceptors (Lipinski definition) is 6. The third kappa shape index (κ3) is 4.99. The first-order chi connectivity index (χ1) is 15.5. The fourth-order valence-electron chi connectivity index (χ4n) is 3.89. The standard InChI is InChI=1S/C23H28N2O6S/c1-29-19-5-3-17(4-6-19)16-24-23(26)18-9-11-25(12-10-18)32(27,28)20-7-8-21-22(15-20)31-14-2-13-30-21/h3-8,15,18H,2,9-14,16H2,1H3,(H,24,26). The first kappa shape index (κ1) is 22.4. The maximum Gasteiger partial charge on any atom is 0.243 e. The van der Waals surface area contributed by atoms with Crippen LogP contribution in [0.25, 0.3) is 0 Å². The molecular formula is C23H28N2O6S. The molecule has 4 rings (SSSR count). The Kier molecular flexibility index (Phi) is 6.86. The van der Waals surface area contributed by atoms with Crippen LogP contribution in [-0.2, 0) is 21.4 Å². The molecule has 172 valence electrons. The van der Waals surface area contributed by atoms with Crippen molar-refractivity contribution in [3.8, 4) is 17.2 Å². The van der Waals surface area contributed by atoms with Crippen molar-refractivity contribution in [1.82, 2.24) is 9.62 Å². The molecule has 8 nitrogen and oxygen atoms in total. The molecule has 1 amide bonds. The largest absolute Gasteiger partial charge is 0.497 e. The van der Waals surface area contributed by atoms with E-state index in [1.165, 1.54) is 10.4 Å². The van der Waals surface area contributed by atoms with E-state index in [4.69, 9.17) is 14.2 Å². The third-order valence-corrected chi connectivity index (χ3v) is 7.70. The summed E-state index contributed by atoms with van der Waals surface area (Å²) < 4.78 is 44.0. The zero-order chi connectivity index (χ0) is 22.6. The van der Waals surface area contributed by atoms with Crippen molar-refractivity contribution in [2.45, 2.75) is 30.7 Å². The summed E-state index contributed by atoms with van der Waals surface area (Å²) in [5, 5.41) is 2.95. The number of amides is 1. The molecule has 2 aliphatic rings. The van der Waals surface area contributed by atoms with Gasteiger partial charge in [0.25, 0.3) is 0 Å². The summed E-state index contributed by atoms with van der Waals surface area (Å²) in [4.78, 5) is 12.8. The highest BCUT2D eigenvalue weighted by atomic mass is 32.2. The lowest BCUT2D eigenvalue weighted by Crippen LogP contribution is -2.42. The SMILES string of the molecule is COc1ccc(CNC(=O)C2CCN(S(=O)(=O)c3ccc4c(c3)OCCCO4)CC2)cc1. The second-order valence-corrected chi connectivity index (χ2v) is 9.84. The Labute approximate surface area is 188 Å². The number of piperidine rings is 1. The van der Waals surface area contributed by atoms with E-state index < -0.39 is 10.0 Å². The van der Waals surface area contributed by atoms with Crippen LogP contribution >= 0.6 is 0 Å². The first-order valence-corrected chi connectivity index (χ1v) is 12.2. The van der Waals surface area contributed by atoms with Crippen LogP contribution in [-0.4, -0.2) is 52.0 Å².